The van der Waals surface area contributed by atoms with Gasteiger partial charge in [0.1, 0.15) is 5.69 Å². The van der Waals surface area contributed by atoms with E-state index in [0.717, 1.165) is 38.2 Å². The SMILES string of the molecule is Cc1ccc([N+](=O)[O-])c(NC(=O)CN2CCCNCC2)c1. The van der Waals surface area contributed by atoms with Gasteiger partial charge in [0.2, 0.25) is 5.91 Å². The van der Waals surface area contributed by atoms with Crippen molar-refractivity contribution in [3.8, 4) is 0 Å². The fraction of sp³-hybridized carbons (Fsp3) is 0.500. The lowest BCUT2D eigenvalue weighted by molar-refractivity contribution is -0.383. The lowest BCUT2D eigenvalue weighted by atomic mass is 10.2. The molecule has 0 atom stereocenters. The van der Waals surface area contributed by atoms with Gasteiger partial charge < -0.3 is 10.6 Å². The molecule has 0 saturated carbocycles. The van der Waals surface area contributed by atoms with Crippen molar-refractivity contribution in [2.75, 3.05) is 38.0 Å². The lowest BCUT2D eigenvalue weighted by Gasteiger charge is -2.18. The van der Waals surface area contributed by atoms with E-state index >= 15 is 0 Å². The van der Waals surface area contributed by atoms with Crippen LogP contribution >= 0.6 is 0 Å². The molecule has 1 aliphatic heterocycles. The fourth-order valence-electron chi connectivity index (χ4n) is 2.36. The summed E-state index contributed by atoms with van der Waals surface area (Å²) >= 11 is 0. The Balaban J connectivity index is 2.01. The van der Waals surface area contributed by atoms with E-state index < -0.39 is 4.92 Å². The number of rotatable bonds is 4. The van der Waals surface area contributed by atoms with Gasteiger partial charge in [-0.1, -0.05) is 6.07 Å². The van der Waals surface area contributed by atoms with E-state index in [1.807, 2.05) is 6.92 Å². The van der Waals surface area contributed by atoms with Crippen LogP contribution in [0, 0.1) is 17.0 Å². The predicted molar refractivity (Wildman–Crippen MR) is 80.4 cm³/mol. The molecule has 21 heavy (non-hydrogen) atoms. The van der Waals surface area contributed by atoms with Crippen LogP contribution in [0.15, 0.2) is 18.2 Å². The van der Waals surface area contributed by atoms with Crippen LogP contribution in [-0.4, -0.2) is 48.5 Å². The Hall–Kier alpha value is -1.99. The van der Waals surface area contributed by atoms with Gasteiger partial charge in [0.25, 0.3) is 5.69 Å². The Morgan fingerprint density at radius 3 is 3.00 bits per heavy atom. The number of amides is 1. The van der Waals surface area contributed by atoms with Gasteiger partial charge in [0.05, 0.1) is 11.5 Å². The number of nitro groups is 1. The average molecular weight is 292 g/mol. The van der Waals surface area contributed by atoms with Gasteiger partial charge in [0, 0.05) is 19.2 Å². The zero-order valence-corrected chi connectivity index (χ0v) is 12.1. The summed E-state index contributed by atoms with van der Waals surface area (Å²) < 4.78 is 0. The van der Waals surface area contributed by atoms with Gasteiger partial charge in [-0.05, 0) is 38.1 Å². The molecule has 2 rings (SSSR count). The van der Waals surface area contributed by atoms with E-state index in [9.17, 15) is 14.9 Å². The van der Waals surface area contributed by atoms with Crippen LogP contribution in [0.5, 0.6) is 0 Å². The maximum Gasteiger partial charge on any atom is 0.292 e. The minimum atomic E-state index is -0.481. The second kappa shape index (κ2) is 7.14. The summed E-state index contributed by atoms with van der Waals surface area (Å²) in [6.07, 6.45) is 0.998. The van der Waals surface area contributed by atoms with Crippen molar-refractivity contribution in [1.82, 2.24) is 10.2 Å². The molecule has 0 radical (unpaired) electrons. The van der Waals surface area contributed by atoms with Crippen LogP contribution in [0.3, 0.4) is 0 Å². The highest BCUT2D eigenvalue weighted by Gasteiger charge is 2.18. The maximum atomic E-state index is 12.1. The van der Waals surface area contributed by atoms with Crippen molar-refractivity contribution in [1.29, 1.82) is 0 Å². The maximum absolute atomic E-state index is 12.1. The van der Waals surface area contributed by atoms with Crippen molar-refractivity contribution in [2.24, 2.45) is 0 Å². The summed E-state index contributed by atoms with van der Waals surface area (Å²) in [6.45, 7) is 5.58. The number of nitrogens with zero attached hydrogens (tertiary/aromatic N) is 2. The van der Waals surface area contributed by atoms with E-state index in [1.165, 1.54) is 6.07 Å². The zero-order valence-electron chi connectivity index (χ0n) is 12.1. The van der Waals surface area contributed by atoms with Crippen LogP contribution in [0.1, 0.15) is 12.0 Å². The Labute approximate surface area is 123 Å². The third-order valence-corrected chi connectivity index (χ3v) is 3.42. The van der Waals surface area contributed by atoms with Crippen molar-refractivity contribution in [3.63, 3.8) is 0 Å². The van der Waals surface area contributed by atoms with Crippen LogP contribution < -0.4 is 10.6 Å². The van der Waals surface area contributed by atoms with Gasteiger partial charge >= 0.3 is 0 Å². The Morgan fingerprint density at radius 2 is 2.24 bits per heavy atom. The summed E-state index contributed by atoms with van der Waals surface area (Å²) in [4.78, 5) is 24.6. The molecule has 0 bridgehead atoms. The second-order valence-corrected chi connectivity index (χ2v) is 5.21. The van der Waals surface area contributed by atoms with Crippen LogP contribution in [-0.2, 0) is 4.79 Å². The molecule has 7 nitrogen and oxygen atoms in total. The van der Waals surface area contributed by atoms with Crippen LogP contribution in [0.4, 0.5) is 11.4 Å². The van der Waals surface area contributed by atoms with Gasteiger partial charge in [-0.25, -0.2) is 0 Å². The summed E-state index contributed by atoms with van der Waals surface area (Å²) in [6, 6.07) is 4.70. The van der Waals surface area contributed by atoms with E-state index in [4.69, 9.17) is 0 Å². The van der Waals surface area contributed by atoms with Crippen LogP contribution in [0.25, 0.3) is 0 Å². The number of carbonyl (C=O) groups excluding carboxylic acids is 1. The number of aryl methyl sites for hydroxylation is 1. The first-order valence-electron chi connectivity index (χ1n) is 7.04. The van der Waals surface area contributed by atoms with Gasteiger partial charge in [-0.2, -0.15) is 0 Å². The highest BCUT2D eigenvalue weighted by atomic mass is 16.6. The number of benzene rings is 1. The molecule has 7 heteroatoms. The molecular weight excluding hydrogens is 272 g/mol. The van der Waals surface area contributed by atoms with Crippen molar-refractivity contribution < 1.29 is 9.72 Å². The molecule has 1 amide bonds. The summed E-state index contributed by atoms with van der Waals surface area (Å²) in [5.41, 5.74) is 1.05. The topological polar surface area (TPSA) is 87.5 Å². The molecule has 2 N–H and O–H groups in total. The summed E-state index contributed by atoms with van der Waals surface area (Å²) in [5.74, 6) is -0.217. The Morgan fingerprint density at radius 1 is 1.43 bits per heavy atom. The minimum Gasteiger partial charge on any atom is -0.319 e. The zero-order chi connectivity index (χ0) is 15.2. The van der Waals surface area contributed by atoms with E-state index in [1.54, 1.807) is 12.1 Å². The molecular formula is C14H20N4O3. The largest absolute Gasteiger partial charge is 0.319 e. The molecule has 0 unspecified atom stereocenters. The number of anilines is 1. The molecule has 1 heterocycles. The van der Waals surface area contributed by atoms with E-state index in [0.29, 0.717) is 0 Å². The van der Waals surface area contributed by atoms with Crippen molar-refractivity contribution in [3.05, 3.63) is 33.9 Å². The highest BCUT2D eigenvalue weighted by molar-refractivity contribution is 5.94. The number of carbonyl (C=O) groups is 1. The minimum absolute atomic E-state index is 0.0773. The average Bonchev–Trinajstić information content (AvgIpc) is 2.66. The quantitative estimate of drug-likeness (QED) is 0.642. The fourth-order valence-corrected chi connectivity index (χ4v) is 2.36. The number of nitro benzene ring substituents is 1. The molecule has 0 aliphatic carbocycles. The summed E-state index contributed by atoms with van der Waals surface area (Å²) in [5, 5.41) is 16.9. The van der Waals surface area contributed by atoms with Crippen molar-refractivity contribution >= 4 is 17.3 Å². The van der Waals surface area contributed by atoms with E-state index in [2.05, 4.69) is 15.5 Å². The standard InChI is InChI=1S/C14H20N4O3/c1-11-3-4-13(18(20)21)12(9-11)16-14(19)10-17-7-2-5-15-6-8-17/h3-4,9,15H,2,5-8,10H2,1H3,(H,16,19). The molecule has 114 valence electrons. The first-order chi connectivity index (χ1) is 10.1. The molecule has 1 aliphatic rings. The highest BCUT2D eigenvalue weighted by Crippen LogP contribution is 2.25. The monoisotopic (exact) mass is 292 g/mol. The van der Waals surface area contributed by atoms with Crippen LogP contribution in [0.2, 0.25) is 0 Å². The Kier molecular flexibility index (Phi) is 5.24. The first kappa shape index (κ1) is 15.4. The van der Waals surface area contributed by atoms with Gasteiger partial charge in [-0.3, -0.25) is 19.8 Å². The molecule has 0 aromatic heterocycles. The third-order valence-electron chi connectivity index (χ3n) is 3.42. The molecule has 1 aromatic rings. The smallest absolute Gasteiger partial charge is 0.292 e. The number of hydrogen-bond acceptors (Lipinski definition) is 5. The number of hydrogen-bond donors (Lipinski definition) is 2. The van der Waals surface area contributed by atoms with Crippen molar-refractivity contribution in [2.45, 2.75) is 13.3 Å². The molecule has 1 saturated heterocycles. The predicted octanol–water partition coefficient (Wildman–Crippen LogP) is 1.14. The normalized spacial score (nSPS) is 16.2. The van der Waals surface area contributed by atoms with Gasteiger partial charge in [0.15, 0.2) is 0 Å². The third kappa shape index (κ3) is 4.51. The van der Waals surface area contributed by atoms with E-state index in [-0.39, 0.29) is 23.8 Å². The second-order valence-electron chi connectivity index (χ2n) is 5.21. The molecule has 1 aromatic carbocycles. The number of nitrogens with one attached hydrogen (secondary N) is 2. The lowest BCUT2D eigenvalue weighted by Crippen LogP contribution is -2.35. The molecule has 0 spiro atoms. The van der Waals surface area contributed by atoms with Gasteiger partial charge in [-0.15, -0.1) is 0 Å². The summed E-state index contributed by atoms with van der Waals surface area (Å²) in [7, 11) is 0. The molecule has 1 fully saturated rings. The first-order valence-corrected chi connectivity index (χ1v) is 7.04. The Bertz CT molecular complexity index is 525.